The second kappa shape index (κ2) is 8.39. The molecule has 0 spiro atoms. The van der Waals surface area contributed by atoms with E-state index >= 15 is 0 Å². The van der Waals surface area contributed by atoms with Gasteiger partial charge < -0.3 is 10.5 Å². The van der Waals surface area contributed by atoms with Gasteiger partial charge in [-0.3, -0.25) is 0 Å². The lowest BCUT2D eigenvalue weighted by atomic mass is 9.94. The van der Waals surface area contributed by atoms with Gasteiger partial charge in [0.25, 0.3) is 0 Å². The smallest absolute Gasteiger partial charge is 0.119 e. The van der Waals surface area contributed by atoms with Crippen LogP contribution in [0.15, 0.2) is 60.7 Å². The number of hydrogen-bond donors (Lipinski definition) is 1. The van der Waals surface area contributed by atoms with E-state index in [1.165, 1.54) is 5.56 Å². The lowest BCUT2D eigenvalue weighted by Gasteiger charge is -2.15. The van der Waals surface area contributed by atoms with Crippen LogP contribution in [0.1, 0.15) is 30.7 Å². The van der Waals surface area contributed by atoms with Gasteiger partial charge in [-0.25, -0.2) is 0 Å². The van der Waals surface area contributed by atoms with Crippen molar-refractivity contribution < 1.29 is 4.74 Å². The minimum atomic E-state index is 0.466. The molecule has 2 nitrogen and oxygen atoms in total. The molecule has 0 fully saturated rings. The standard InChI is InChI=1S/C18H23NO/c19-15-17(16-9-3-1-4-10-16)11-7-8-14-20-18-12-5-2-6-13-18/h1-6,9-10,12-13,17H,7-8,11,14-15,19H2. The maximum atomic E-state index is 5.88. The Labute approximate surface area is 121 Å². The quantitative estimate of drug-likeness (QED) is 0.736. The van der Waals surface area contributed by atoms with Gasteiger partial charge in [0.2, 0.25) is 0 Å². The molecule has 2 aromatic rings. The van der Waals surface area contributed by atoms with Gasteiger partial charge in [0.1, 0.15) is 5.75 Å². The normalized spacial score (nSPS) is 12.1. The summed E-state index contributed by atoms with van der Waals surface area (Å²) in [6, 6.07) is 20.5. The van der Waals surface area contributed by atoms with Gasteiger partial charge in [0.05, 0.1) is 6.61 Å². The van der Waals surface area contributed by atoms with Crippen LogP contribution >= 0.6 is 0 Å². The van der Waals surface area contributed by atoms with Crippen molar-refractivity contribution in [3.63, 3.8) is 0 Å². The molecule has 0 amide bonds. The first-order valence-electron chi connectivity index (χ1n) is 7.33. The number of benzene rings is 2. The van der Waals surface area contributed by atoms with Gasteiger partial charge in [0.15, 0.2) is 0 Å². The third kappa shape index (κ3) is 4.71. The molecule has 1 unspecified atom stereocenters. The Morgan fingerprint density at radius 3 is 2.15 bits per heavy atom. The summed E-state index contributed by atoms with van der Waals surface area (Å²) in [5.41, 5.74) is 7.23. The first kappa shape index (κ1) is 14.6. The van der Waals surface area contributed by atoms with Gasteiger partial charge in [-0.1, -0.05) is 48.5 Å². The lowest BCUT2D eigenvalue weighted by molar-refractivity contribution is 0.303. The van der Waals surface area contributed by atoms with Gasteiger partial charge in [-0.15, -0.1) is 0 Å². The molecule has 0 heterocycles. The molecule has 2 aromatic carbocycles. The lowest BCUT2D eigenvalue weighted by Crippen LogP contribution is -2.12. The van der Waals surface area contributed by atoms with E-state index in [1.54, 1.807) is 0 Å². The molecular weight excluding hydrogens is 246 g/mol. The van der Waals surface area contributed by atoms with Crippen molar-refractivity contribution in [2.45, 2.75) is 25.2 Å². The van der Waals surface area contributed by atoms with E-state index in [0.717, 1.165) is 31.6 Å². The molecule has 2 rings (SSSR count). The monoisotopic (exact) mass is 269 g/mol. The third-order valence-electron chi connectivity index (χ3n) is 3.51. The first-order valence-corrected chi connectivity index (χ1v) is 7.33. The fourth-order valence-electron chi connectivity index (χ4n) is 2.35. The van der Waals surface area contributed by atoms with Crippen LogP contribution in [0.3, 0.4) is 0 Å². The third-order valence-corrected chi connectivity index (χ3v) is 3.51. The number of nitrogens with two attached hydrogens (primary N) is 1. The Morgan fingerprint density at radius 2 is 1.50 bits per heavy atom. The molecule has 0 aliphatic carbocycles. The average molecular weight is 269 g/mol. The van der Waals surface area contributed by atoms with Crippen molar-refractivity contribution in [1.29, 1.82) is 0 Å². The Hall–Kier alpha value is -1.80. The largest absolute Gasteiger partial charge is 0.494 e. The van der Waals surface area contributed by atoms with Crippen molar-refractivity contribution >= 4 is 0 Å². The Balaban J connectivity index is 1.67. The minimum Gasteiger partial charge on any atom is -0.494 e. The van der Waals surface area contributed by atoms with E-state index in [9.17, 15) is 0 Å². The topological polar surface area (TPSA) is 35.2 Å². The van der Waals surface area contributed by atoms with E-state index in [4.69, 9.17) is 10.5 Å². The zero-order valence-electron chi connectivity index (χ0n) is 11.9. The SMILES string of the molecule is NCC(CCCCOc1ccccc1)c1ccccc1. The number of para-hydroxylation sites is 1. The fourth-order valence-corrected chi connectivity index (χ4v) is 2.35. The van der Waals surface area contributed by atoms with Crippen LogP contribution in [-0.2, 0) is 0 Å². The van der Waals surface area contributed by atoms with Crippen LogP contribution < -0.4 is 10.5 Å². The molecule has 2 heteroatoms. The zero-order valence-corrected chi connectivity index (χ0v) is 11.9. The van der Waals surface area contributed by atoms with Crippen LogP contribution in [-0.4, -0.2) is 13.2 Å². The summed E-state index contributed by atoms with van der Waals surface area (Å²) in [6.07, 6.45) is 3.33. The number of unbranched alkanes of at least 4 members (excludes halogenated alkanes) is 1. The fraction of sp³-hybridized carbons (Fsp3) is 0.333. The summed E-state index contributed by atoms with van der Waals surface area (Å²) in [5, 5.41) is 0. The zero-order chi connectivity index (χ0) is 14.0. The molecule has 0 saturated carbocycles. The number of ether oxygens (including phenoxy) is 1. The summed E-state index contributed by atoms with van der Waals surface area (Å²) in [5.74, 6) is 1.42. The molecular formula is C18H23NO. The van der Waals surface area contributed by atoms with Gasteiger partial charge in [0, 0.05) is 0 Å². The number of hydrogen-bond acceptors (Lipinski definition) is 2. The highest BCUT2D eigenvalue weighted by Crippen LogP contribution is 2.20. The average Bonchev–Trinajstić information content (AvgIpc) is 2.53. The minimum absolute atomic E-state index is 0.466. The molecule has 106 valence electrons. The van der Waals surface area contributed by atoms with E-state index < -0.39 is 0 Å². The van der Waals surface area contributed by atoms with Crippen molar-refractivity contribution in [1.82, 2.24) is 0 Å². The molecule has 20 heavy (non-hydrogen) atoms. The molecule has 0 saturated heterocycles. The predicted octanol–water partition coefficient (Wildman–Crippen LogP) is 3.98. The second-order valence-corrected chi connectivity index (χ2v) is 5.00. The van der Waals surface area contributed by atoms with Crippen LogP contribution in [0.4, 0.5) is 0 Å². The Morgan fingerprint density at radius 1 is 0.850 bits per heavy atom. The van der Waals surface area contributed by atoms with Gasteiger partial charge in [-0.2, -0.15) is 0 Å². The van der Waals surface area contributed by atoms with E-state index in [-0.39, 0.29) is 0 Å². The maximum Gasteiger partial charge on any atom is 0.119 e. The molecule has 0 bridgehead atoms. The highest BCUT2D eigenvalue weighted by atomic mass is 16.5. The van der Waals surface area contributed by atoms with Crippen LogP contribution in [0.2, 0.25) is 0 Å². The van der Waals surface area contributed by atoms with Crippen molar-refractivity contribution in [3.05, 3.63) is 66.2 Å². The first-order chi connectivity index (χ1) is 9.90. The van der Waals surface area contributed by atoms with E-state index in [2.05, 4.69) is 24.3 Å². The van der Waals surface area contributed by atoms with Gasteiger partial charge >= 0.3 is 0 Å². The summed E-state index contributed by atoms with van der Waals surface area (Å²) in [7, 11) is 0. The second-order valence-electron chi connectivity index (χ2n) is 5.00. The summed E-state index contributed by atoms with van der Waals surface area (Å²) >= 11 is 0. The molecule has 0 aliphatic rings. The molecule has 1 atom stereocenters. The molecule has 2 N–H and O–H groups in total. The summed E-state index contributed by atoms with van der Waals surface area (Å²) in [4.78, 5) is 0. The van der Waals surface area contributed by atoms with Crippen LogP contribution in [0, 0.1) is 0 Å². The van der Waals surface area contributed by atoms with Crippen molar-refractivity contribution in [2.24, 2.45) is 5.73 Å². The van der Waals surface area contributed by atoms with Crippen LogP contribution in [0.25, 0.3) is 0 Å². The number of rotatable bonds is 8. The summed E-state index contributed by atoms with van der Waals surface area (Å²) in [6.45, 7) is 1.49. The molecule has 0 aromatic heterocycles. The Bertz CT molecular complexity index is 469. The van der Waals surface area contributed by atoms with E-state index in [0.29, 0.717) is 12.5 Å². The van der Waals surface area contributed by atoms with Gasteiger partial charge in [-0.05, 0) is 49.4 Å². The highest BCUT2D eigenvalue weighted by Gasteiger charge is 2.08. The van der Waals surface area contributed by atoms with Crippen molar-refractivity contribution in [2.75, 3.05) is 13.2 Å². The predicted molar refractivity (Wildman–Crippen MR) is 84.0 cm³/mol. The maximum absolute atomic E-state index is 5.88. The van der Waals surface area contributed by atoms with Crippen molar-refractivity contribution in [3.8, 4) is 5.75 Å². The highest BCUT2D eigenvalue weighted by molar-refractivity contribution is 5.21. The molecule has 0 radical (unpaired) electrons. The van der Waals surface area contributed by atoms with E-state index in [1.807, 2.05) is 36.4 Å². The van der Waals surface area contributed by atoms with Crippen LogP contribution in [0.5, 0.6) is 5.75 Å². The Kier molecular flexibility index (Phi) is 6.12. The molecule has 0 aliphatic heterocycles. The summed E-state index contributed by atoms with van der Waals surface area (Å²) < 4.78 is 5.70.